The second kappa shape index (κ2) is 9.33. The lowest BCUT2D eigenvalue weighted by molar-refractivity contribution is -0.131. The first-order valence-corrected chi connectivity index (χ1v) is 9.02. The monoisotopic (exact) mass is 361 g/mol. The van der Waals surface area contributed by atoms with Gasteiger partial charge >= 0.3 is 6.03 Å². The largest absolute Gasteiger partial charge is 0.394 e. The van der Waals surface area contributed by atoms with Crippen LogP contribution in [-0.2, 0) is 16.0 Å². The first-order valence-electron chi connectivity index (χ1n) is 9.02. The lowest BCUT2D eigenvalue weighted by atomic mass is 9.99. The van der Waals surface area contributed by atoms with Gasteiger partial charge in [0.1, 0.15) is 6.04 Å². The zero-order valence-electron chi connectivity index (χ0n) is 15.3. The van der Waals surface area contributed by atoms with Crippen molar-refractivity contribution in [2.24, 2.45) is 5.92 Å². The molecule has 26 heavy (non-hydrogen) atoms. The molecule has 3 atom stereocenters. The Bertz CT molecular complexity index is 635. The number of carbonyl (C=O) groups is 3. The van der Waals surface area contributed by atoms with Crippen molar-refractivity contribution in [1.29, 1.82) is 0 Å². The van der Waals surface area contributed by atoms with Crippen LogP contribution in [0, 0.1) is 5.92 Å². The standard InChI is InChI=1S/C19H27N3O4/c1-3-13(2)16(12-23)20-17(24)11-15-18(25)22(19(26)21-15)10-9-14-7-5-4-6-8-14/h4-8,13,15-16,23H,3,9-12H2,1-2H3,(H,20,24)(H,21,26)/t13-,15-,16-/m0/s1. The van der Waals surface area contributed by atoms with Gasteiger partial charge in [-0.05, 0) is 17.9 Å². The second-order valence-electron chi connectivity index (χ2n) is 6.67. The molecule has 4 amide bonds. The Morgan fingerprint density at radius 3 is 2.62 bits per heavy atom. The number of imide groups is 1. The van der Waals surface area contributed by atoms with Gasteiger partial charge in [0, 0.05) is 6.54 Å². The number of aliphatic hydroxyl groups excluding tert-OH is 1. The molecule has 1 aromatic carbocycles. The number of hydrogen-bond acceptors (Lipinski definition) is 4. The smallest absolute Gasteiger partial charge is 0.324 e. The van der Waals surface area contributed by atoms with Gasteiger partial charge in [0.2, 0.25) is 5.91 Å². The molecule has 0 bridgehead atoms. The van der Waals surface area contributed by atoms with Gasteiger partial charge in [-0.2, -0.15) is 0 Å². The molecule has 3 N–H and O–H groups in total. The summed E-state index contributed by atoms with van der Waals surface area (Å²) in [5, 5.41) is 14.7. The quantitative estimate of drug-likeness (QED) is 0.573. The number of urea groups is 1. The van der Waals surface area contributed by atoms with E-state index in [9.17, 15) is 19.5 Å². The van der Waals surface area contributed by atoms with Gasteiger partial charge < -0.3 is 15.7 Å². The maximum Gasteiger partial charge on any atom is 0.324 e. The summed E-state index contributed by atoms with van der Waals surface area (Å²) in [6.07, 6.45) is 1.26. The number of aliphatic hydroxyl groups is 1. The van der Waals surface area contributed by atoms with E-state index in [-0.39, 0.29) is 43.3 Å². The highest BCUT2D eigenvalue weighted by Crippen LogP contribution is 2.12. The van der Waals surface area contributed by atoms with Crippen LogP contribution in [0.2, 0.25) is 0 Å². The van der Waals surface area contributed by atoms with Crippen molar-refractivity contribution in [1.82, 2.24) is 15.5 Å². The van der Waals surface area contributed by atoms with E-state index in [1.807, 2.05) is 44.2 Å². The lowest BCUT2D eigenvalue weighted by Crippen LogP contribution is -2.45. The van der Waals surface area contributed by atoms with E-state index in [0.29, 0.717) is 6.42 Å². The van der Waals surface area contributed by atoms with E-state index in [0.717, 1.165) is 16.9 Å². The number of rotatable bonds is 9. The Morgan fingerprint density at radius 1 is 1.31 bits per heavy atom. The molecule has 1 heterocycles. The van der Waals surface area contributed by atoms with Crippen molar-refractivity contribution in [3.05, 3.63) is 35.9 Å². The highest BCUT2D eigenvalue weighted by molar-refractivity contribution is 6.05. The third-order valence-electron chi connectivity index (χ3n) is 4.84. The minimum atomic E-state index is -0.852. The summed E-state index contributed by atoms with van der Waals surface area (Å²) in [7, 11) is 0. The molecular weight excluding hydrogens is 334 g/mol. The van der Waals surface area contributed by atoms with Crippen LogP contribution in [0.15, 0.2) is 30.3 Å². The minimum Gasteiger partial charge on any atom is -0.394 e. The van der Waals surface area contributed by atoms with E-state index < -0.39 is 12.1 Å². The molecule has 0 unspecified atom stereocenters. The normalized spacial score (nSPS) is 19.2. The fourth-order valence-electron chi connectivity index (χ4n) is 2.92. The third-order valence-corrected chi connectivity index (χ3v) is 4.84. The summed E-state index contributed by atoms with van der Waals surface area (Å²) in [6.45, 7) is 4.04. The minimum absolute atomic E-state index is 0.125. The molecule has 7 nitrogen and oxygen atoms in total. The Labute approximate surface area is 153 Å². The van der Waals surface area contributed by atoms with Crippen molar-refractivity contribution in [2.75, 3.05) is 13.2 Å². The molecule has 0 aliphatic carbocycles. The number of amides is 4. The van der Waals surface area contributed by atoms with Crippen LogP contribution < -0.4 is 10.6 Å². The van der Waals surface area contributed by atoms with Crippen LogP contribution in [0.5, 0.6) is 0 Å². The Kier molecular flexibility index (Phi) is 7.15. The van der Waals surface area contributed by atoms with Gasteiger partial charge in [0.25, 0.3) is 5.91 Å². The average Bonchev–Trinajstić information content (AvgIpc) is 2.91. The van der Waals surface area contributed by atoms with Crippen LogP contribution in [0.25, 0.3) is 0 Å². The molecule has 0 aromatic heterocycles. The fraction of sp³-hybridized carbons (Fsp3) is 0.526. The summed E-state index contributed by atoms with van der Waals surface area (Å²) in [4.78, 5) is 37.8. The van der Waals surface area contributed by atoms with Gasteiger partial charge in [-0.1, -0.05) is 50.6 Å². The van der Waals surface area contributed by atoms with Gasteiger partial charge in [-0.15, -0.1) is 0 Å². The molecule has 1 aliphatic heterocycles. The van der Waals surface area contributed by atoms with E-state index in [1.54, 1.807) is 0 Å². The first-order chi connectivity index (χ1) is 12.5. The van der Waals surface area contributed by atoms with Crippen molar-refractivity contribution >= 4 is 17.8 Å². The summed E-state index contributed by atoms with van der Waals surface area (Å²) < 4.78 is 0. The zero-order chi connectivity index (χ0) is 19.1. The molecule has 2 rings (SSSR count). The highest BCUT2D eigenvalue weighted by Gasteiger charge is 2.38. The van der Waals surface area contributed by atoms with Gasteiger partial charge in [0.05, 0.1) is 19.1 Å². The van der Waals surface area contributed by atoms with Gasteiger partial charge in [0.15, 0.2) is 0 Å². The van der Waals surface area contributed by atoms with E-state index in [2.05, 4.69) is 10.6 Å². The number of nitrogens with one attached hydrogen (secondary N) is 2. The Balaban J connectivity index is 1.88. The van der Waals surface area contributed by atoms with E-state index >= 15 is 0 Å². The SMILES string of the molecule is CC[C@H](C)[C@H](CO)NC(=O)C[C@@H]1NC(=O)N(CCc2ccccc2)C1=O. The topological polar surface area (TPSA) is 98.7 Å². The fourth-order valence-corrected chi connectivity index (χ4v) is 2.92. The summed E-state index contributed by atoms with van der Waals surface area (Å²) >= 11 is 0. The van der Waals surface area contributed by atoms with Crippen molar-refractivity contribution in [3.63, 3.8) is 0 Å². The van der Waals surface area contributed by atoms with Crippen LogP contribution in [0.4, 0.5) is 4.79 Å². The molecule has 1 aliphatic rings. The van der Waals surface area contributed by atoms with E-state index in [4.69, 9.17) is 0 Å². The maximum absolute atomic E-state index is 12.4. The molecule has 0 saturated carbocycles. The molecule has 1 fully saturated rings. The Hall–Kier alpha value is -2.41. The number of hydrogen-bond donors (Lipinski definition) is 3. The third kappa shape index (κ3) is 5.05. The van der Waals surface area contributed by atoms with Crippen LogP contribution in [-0.4, -0.2) is 53.1 Å². The zero-order valence-corrected chi connectivity index (χ0v) is 15.3. The average molecular weight is 361 g/mol. The van der Waals surface area contributed by atoms with Crippen molar-refractivity contribution < 1.29 is 19.5 Å². The van der Waals surface area contributed by atoms with Crippen molar-refractivity contribution in [2.45, 2.75) is 45.2 Å². The molecule has 7 heteroatoms. The van der Waals surface area contributed by atoms with Crippen LogP contribution in [0.3, 0.4) is 0 Å². The number of nitrogens with zero attached hydrogens (tertiary/aromatic N) is 1. The van der Waals surface area contributed by atoms with E-state index in [1.165, 1.54) is 0 Å². The Morgan fingerprint density at radius 2 is 2.00 bits per heavy atom. The molecule has 1 saturated heterocycles. The molecule has 1 aromatic rings. The number of carbonyl (C=O) groups excluding carboxylic acids is 3. The number of benzene rings is 1. The van der Waals surface area contributed by atoms with Gasteiger partial charge in [-0.3, -0.25) is 14.5 Å². The van der Waals surface area contributed by atoms with Gasteiger partial charge in [-0.25, -0.2) is 4.79 Å². The first kappa shape index (κ1) is 19.9. The van der Waals surface area contributed by atoms with Crippen LogP contribution >= 0.6 is 0 Å². The predicted molar refractivity (Wildman–Crippen MR) is 97.3 cm³/mol. The van der Waals surface area contributed by atoms with Crippen molar-refractivity contribution in [3.8, 4) is 0 Å². The predicted octanol–water partition coefficient (Wildman–Crippen LogP) is 1.06. The summed E-state index contributed by atoms with van der Waals surface area (Å²) in [6, 6.07) is 7.92. The molecule has 142 valence electrons. The highest BCUT2D eigenvalue weighted by atomic mass is 16.3. The maximum atomic E-state index is 12.4. The molecule has 0 radical (unpaired) electrons. The van der Waals surface area contributed by atoms with Crippen LogP contribution in [0.1, 0.15) is 32.3 Å². The summed E-state index contributed by atoms with van der Waals surface area (Å²) in [5.41, 5.74) is 1.04. The molecule has 0 spiro atoms. The second-order valence-corrected chi connectivity index (χ2v) is 6.67. The summed E-state index contributed by atoms with van der Waals surface area (Å²) in [5.74, 6) is -0.613. The molecular formula is C19H27N3O4. The lowest BCUT2D eigenvalue weighted by Gasteiger charge is -2.22.